The second-order valence-electron chi connectivity index (χ2n) is 22.2. The van der Waals surface area contributed by atoms with Crippen molar-refractivity contribution >= 4 is 17.9 Å². The van der Waals surface area contributed by atoms with Crippen LogP contribution in [-0.2, 0) is 28.6 Å². The highest BCUT2D eigenvalue weighted by molar-refractivity contribution is 5.71. The molecule has 0 spiro atoms. The lowest BCUT2D eigenvalue weighted by Crippen LogP contribution is -2.30. The molecule has 0 amide bonds. The Morgan fingerprint density at radius 1 is 0.290 bits per heavy atom. The van der Waals surface area contributed by atoms with Crippen molar-refractivity contribution in [3.05, 3.63) is 0 Å². The van der Waals surface area contributed by atoms with Crippen molar-refractivity contribution in [3.8, 4) is 0 Å². The summed E-state index contributed by atoms with van der Waals surface area (Å²) in [6.45, 7) is 11.5. The summed E-state index contributed by atoms with van der Waals surface area (Å²) >= 11 is 0. The van der Waals surface area contributed by atoms with Gasteiger partial charge in [0.15, 0.2) is 6.10 Å². The standard InChI is InChI=1S/C63H122O6/c1-6-9-10-11-12-13-14-15-16-17-18-19-20-24-27-33-38-43-48-53-61(64)67-56-60(57-68-62(65)54-49-44-39-34-30-29-32-37-42-47-52-59(5)8-3)69-63(66)55-50-45-40-35-28-25-22-21-23-26-31-36-41-46-51-58(4)7-2/h58-60H,6-57H2,1-5H3/t58?,59?,60-/m1/s1. The lowest BCUT2D eigenvalue weighted by Gasteiger charge is -2.18. The molecule has 0 saturated carbocycles. The van der Waals surface area contributed by atoms with E-state index in [-0.39, 0.29) is 31.1 Å². The van der Waals surface area contributed by atoms with Gasteiger partial charge in [0.25, 0.3) is 0 Å². The molecule has 0 aromatic rings. The van der Waals surface area contributed by atoms with Gasteiger partial charge in [-0.15, -0.1) is 0 Å². The summed E-state index contributed by atoms with van der Waals surface area (Å²) in [4.78, 5) is 38.3. The molecule has 0 radical (unpaired) electrons. The minimum atomic E-state index is -0.764. The molecular weight excluding hydrogens is 853 g/mol. The Morgan fingerprint density at radius 3 is 0.754 bits per heavy atom. The highest BCUT2D eigenvalue weighted by Gasteiger charge is 2.19. The third-order valence-corrected chi connectivity index (χ3v) is 15.2. The van der Waals surface area contributed by atoms with Crippen molar-refractivity contribution in [1.29, 1.82) is 0 Å². The predicted octanol–water partition coefficient (Wildman–Crippen LogP) is 20.8. The van der Waals surface area contributed by atoms with E-state index >= 15 is 0 Å². The first-order valence-corrected chi connectivity index (χ1v) is 31.3. The summed E-state index contributed by atoms with van der Waals surface area (Å²) < 4.78 is 16.9. The summed E-state index contributed by atoms with van der Waals surface area (Å²) in [5.74, 6) is 0.929. The van der Waals surface area contributed by atoms with Crippen LogP contribution in [0.25, 0.3) is 0 Å². The molecule has 2 unspecified atom stereocenters. The van der Waals surface area contributed by atoms with Crippen molar-refractivity contribution in [2.24, 2.45) is 11.8 Å². The normalized spacial score (nSPS) is 12.8. The Morgan fingerprint density at radius 2 is 0.507 bits per heavy atom. The average molecular weight is 976 g/mol. The van der Waals surface area contributed by atoms with Gasteiger partial charge < -0.3 is 14.2 Å². The zero-order valence-electron chi connectivity index (χ0n) is 47.5. The van der Waals surface area contributed by atoms with Gasteiger partial charge in [0.2, 0.25) is 0 Å². The molecule has 410 valence electrons. The Labute approximate surface area is 431 Å². The van der Waals surface area contributed by atoms with Gasteiger partial charge in [0.05, 0.1) is 0 Å². The van der Waals surface area contributed by atoms with E-state index in [1.165, 1.54) is 244 Å². The Hall–Kier alpha value is -1.59. The predicted molar refractivity (Wildman–Crippen MR) is 298 cm³/mol. The molecule has 0 bridgehead atoms. The highest BCUT2D eigenvalue weighted by Crippen LogP contribution is 2.19. The van der Waals surface area contributed by atoms with Gasteiger partial charge in [-0.25, -0.2) is 0 Å². The van der Waals surface area contributed by atoms with Gasteiger partial charge >= 0.3 is 17.9 Å². The smallest absolute Gasteiger partial charge is 0.306 e. The lowest BCUT2D eigenvalue weighted by molar-refractivity contribution is -0.167. The molecular formula is C63H122O6. The summed E-state index contributed by atoms with van der Waals surface area (Å²) in [6.07, 6.45) is 60.9. The first kappa shape index (κ1) is 67.4. The van der Waals surface area contributed by atoms with Crippen LogP contribution in [0.15, 0.2) is 0 Å². The molecule has 0 aliphatic rings. The van der Waals surface area contributed by atoms with E-state index in [1.54, 1.807) is 0 Å². The fourth-order valence-corrected chi connectivity index (χ4v) is 9.69. The van der Waals surface area contributed by atoms with Crippen LogP contribution in [-0.4, -0.2) is 37.2 Å². The summed E-state index contributed by atoms with van der Waals surface area (Å²) in [6, 6.07) is 0. The molecule has 6 nitrogen and oxygen atoms in total. The van der Waals surface area contributed by atoms with Crippen LogP contribution in [0.3, 0.4) is 0 Å². The molecule has 3 atom stereocenters. The Kier molecular flexibility index (Phi) is 54.4. The SMILES string of the molecule is CCCCCCCCCCCCCCCCCCCCCC(=O)OC[C@H](COC(=O)CCCCCCCCCCCCC(C)CC)OC(=O)CCCCCCCCCCCCCCCCC(C)CC. The maximum absolute atomic E-state index is 12.9. The summed E-state index contributed by atoms with van der Waals surface area (Å²) in [5, 5.41) is 0. The van der Waals surface area contributed by atoms with Crippen LogP contribution in [0.5, 0.6) is 0 Å². The average Bonchev–Trinajstić information content (AvgIpc) is 3.35. The highest BCUT2D eigenvalue weighted by atomic mass is 16.6. The maximum Gasteiger partial charge on any atom is 0.306 e. The van der Waals surface area contributed by atoms with Gasteiger partial charge in [-0.1, -0.05) is 317 Å². The van der Waals surface area contributed by atoms with E-state index in [1.807, 2.05) is 0 Å². The number of carbonyl (C=O) groups is 3. The number of ether oxygens (including phenoxy) is 3. The molecule has 0 aliphatic heterocycles. The monoisotopic (exact) mass is 975 g/mol. The molecule has 0 N–H and O–H groups in total. The molecule has 0 aromatic carbocycles. The summed E-state index contributed by atoms with van der Waals surface area (Å²) in [5.41, 5.74) is 0. The van der Waals surface area contributed by atoms with Gasteiger partial charge in [0.1, 0.15) is 13.2 Å². The lowest BCUT2D eigenvalue weighted by atomic mass is 9.99. The van der Waals surface area contributed by atoms with Gasteiger partial charge in [0, 0.05) is 19.3 Å². The molecule has 0 fully saturated rings. The third-order valence-electron chi connectivity index (χ3n) is 15.2. The third kappa shape index (κ3) is 54.0. The van der Waals surface area contributed by atoms with E-state index < -0.39 is 6.10 Å². The Bertz CT molecular complexity index is 1060. The number of carbonyl (C=O) groups excluding carboxylic acids is 3. The van der Waals surface area contributed by atoms with Crippen molar-refractivity contribution in [1.82, 2.24) is 0 Å². The second kappa shape index (κ2) is 55.7. The van der Waals surface area contributed by atoms with E-state index in [4.69, 9.17) is 14.2 Å². The van der Waals surface area contributed by atoms with Crippen LogP contribution in [0.2, 0.25) is 0 Å². The van der Waals surface area contributed by atoms with Crippen LogP contribution < -0.4 is 0 Å². The number of esters is 3. The fraction of sp³-hybridized carbons (Fsp3) is 0.952. The molecule has 0 rings (SSSR count). The zero-order chi connectivity index (χ0) is 50.4. The van der Waals surface area contributed by atoms with Crippen LogP contribution >= 0.6 is 0 Å². The molecule has 0 saturated heterocycles. The number of unbranched alkanes of at least 4 members (excludes halogenated alkanes) is 40. The van der Waals surface area contributed by atoms with Crippen molar-refractivity contribution in [2.45, 2.75) is 362 Å². The van der Waals surface area contributed by atoms with Gasteiger partial charge in [-0.05, 0) is 31.1 Å². The van der Waals surface area contributed by atoms with Crippen LogP contribution in [0, 0.1) is 11.8 Å². The quantitative estimate of drug-likeness (QED) is 0.0343. The molecule has 6 heteroatoms. The maximum atomic E-state index is 12.9. The minimum Gasteiger partial charge on any atom is -0.462 e. The fourth-order valence-electron chi connectivity index (χ4n) is 9.69. The topological polar surface area (TPSA) is 78.9 Å². The van der Waals surface area contributed by atoms with Crippen molar-refractivity contribution in [2.75, 3.05) is 13.2 Å². The molecule has 69 heavy (non-hydrogen) atoms. The van der Waals surface area contributed by atoms with E-state index in [0.717, 1.165) is 69.6 Å². The number of rotatable bonds is 57. The minimum absolute atomic E-state index is 0.0623. The number of hydrogen-bond donors (Lipinski definition) is 0. The van der Waals surface area contributed by atoms with Crippen LogP contribution in [0.1, 0.15) is 356 Å². The number of hydrogen-bond acceptors (Lipinski definition) is 6. The second-order valence-corrected chi connectivity index (χ2v) is 22.2. The van der Waals surface area contributed by atoms with E-state index in [0.29, 0.717) is 19.3 Å². The largest absolute Gasteiger partial charge is 0.462 e. The van der Waals surface area contributed by atoms with Crippen LogP contribution in [0.4, 0.5) is 0 Å². The van der Waals surface area contributed by atoms with Crippen molar-refractivity contribution in [3.63, 3.8) is 0 Å². The molecule has 0 aliphatic carbocycles. The van der Waals surface area contributed by atoms with Crippen molar-refractivity contribution < 1.29 is 28.6 Å². The first-order chi connectivity index (χ1) is 33.8. The van der Waals surface area contributed by atoms with E-state index in [2.05, 4.69) is 34.6 Å². The van der Waals surface area contributed by atoms with E-state index in [9.17, 15) is 14.4 Å². The first-order valence-electron chi connectivity index (χ1n) is 31.3. The Balaban J connectivity index is 4.29. The van der Waals surface area contributed by atoms with Gasteiger partial charge in [-0.3, -0.25) is 14.4 Å². The zero-order valence-corrected chi connectivity index (χ0v) is 47.5. The molecule has 0 aromatic heterocycles. The molecule has 0 heterocycles. The van der Waals surface area contributed by atoms with Gasteiger partial charge in [-0.2, -0.15) is 0 Å². The summed E-state index contributed by atoms with van der Waals surface area (Å²) in [7, 11) is 0.